The standard InChI is InChI=1S/C22H22N6O/c1-2-21-20(13-25-28(21)19-6-4-3-5-7-19)22(29)24-12-17-8-10-18(11-9-17)14-27-16-23-15-26-27/h3-11,13,15-16H,2,12,14H2,1H3,(H,24,29). The maximum Gasteiger partial charge on any atom is 0.255 e. The van der Waals surface area contributed by atoms with Gasteiger partial charge in [0.1, 0.15) is 12.7 Å². The summed E-state index contributed by atoms with van der Waals surface area (Å²) in [6.45, 7) is 3.16. The van der Waals surface area contributed by atoms with Crippen LogP contribution >= 0.6 is 0 Å². The van der Waals surface area contributed by atoms with E-state index >= 15 is 0 Å². The third kappa shape index (κ3) is 4.24. The Morgan fingerprint density at radius 2 is 1.76 bits per heavy atom. The number of nitrogens with one attached hydrogen (secondary N) is 1. The molecule has 0 spiro atoms. The third-order valence-corrected chi connectivity index (χ3v) is 4.74. The number of nitrogens with zero attached hydrogens (tertiary/aromatic N) is 5. The van der Waals surface area contributed by atoms with Crippen molar-refractivity contribution in [3.05, 3.63) is 95.8 Å². The fourth-order valence-electron chi connectivity index (χ4n) is 3.24. The number of hydrogen-bond donors (Lipinski definition) is 1. The van der Waals surface area contributed by atoms with Crippen molar-refractivity contribution in [3.8, 4) is 5.69 Å². The second kappa shape index (κ2) is 8.52. The summed E-state index contributed by atoms with van der Waals surface area (Å²) in [5.41, 5.74) is 4.62. The van der Waals surface area contributed by atoms with Crippen molar-refractivity contribution in [3.63, 3.8) is 0 Å². The summed E-state index contributed by atoms with van der Waals surface area (Å²) in [5.74, 6) is -0.115. The van der Waals surface area contributed by atoms with Crippen molar-refractivity contribution in [2.75, 3.05) is 0 Å². The van der Waals surface area contributed by atoms with Crippen LogP contribution in [0.1, 0.15) is 34.1 Å². The Hall–Kier alpha value is -3.74. The second-order valence-electron chi connectivity index (χ2n) is 6.70. The first kappa shape index (κ1) is 18.6. The van der Waals surface area contributed by atoms with Gasteiger partial charge < -0.3 is 5.32 Å². The van der Waals surface area contributed by atoms with Crippen LogP contribution in [-0.2, 0) is 19.5 Å². The largest absolute Gasteiger partial charge is 0.348 e. The number of hydrogen-bond acceptors (Lipinski definition) is 4. The fraction of sp³-hybridized carbons (Fsp3) is 0.182. The molecule has 7 nitrogen and oxygen atoms in total. The lowest BCUT2D eigenvalue weighted by molar-refractivity contribution is 0.0950. The van der Waals surface area contributed by atoms with Crippen molar-refractivity contribution >= 4 is 5.91 Å². The second-order valence-corrected chi connectivity index (χ2v) is 6.70. The van der Waals surface area contributed by atoms with Gasteiger partial charge in [-0.05, 0) is 29.7 Å². The molecule has 1 N–H and O–H groups in total. The van der Waals surface area contributed by atoms with Crippen LogP contribution in [0.2, 0.25) is 0 Å². The summed E-state index contributed by atoms with van der Waals surface area (Å²) in [6.07, 6.45) is 5.57. The van der Waals surface area contributed by atoms with Gasteiger partial charge in [-0.2, -0.15) is 10.2 Å². The molecule has 0 aliphatic rings. The lowest BCUT2D eigenvalue weighted by Gasteiger charge is -2.09. The SMILES string of the molecule is CCc1c(C(=O)NCc2ccc(Cn3cncn3)cc2)cnn1-c1ccccc1. The Morgan fingerprint density at radius 1 is 1.00 bits per heavy atom. The molecular weight excluding hydrogens is 364 g/mol. The fourth-order valence-corrected chi connectivity index (χ4v) is 3.24. The number of amides is 1. The molecule has 0 fully saturated rings. The molecule has 4 aromatic rings. The molecule has 0 saturated heterocycles. The van der Waals surface area contributed by atoms with Crippen molar-refractivity contribution < 1.29 is 4.79 Å². The molecule has 2 aromatic carbocycles. The van der Waals surface area contributed by atoms with Crippen LogP contribution in [0.5, 0.6) is 0 Å². The molecule has 2 aromatic heterocycles. The van der Waals surface area contributed by atoms with Gasteiger partial charge in [0.2, 0.25) is 0 Å². The Bertz CT molecular complexity index is 1070. The van der Waals surface area contributed by atoms with Crippen molar-refractivity contribution in [1.29, 1.82) is 0 Å². The molecule has 0 unspecified atom stereocenters. The smallest absolute Gasteiger partial charge is 0.255 e. The molecule has 4 rings (SSSR count). The summed E-state index contributed by atoms with van der Waals surface area (Å²) in [6, 6.07) is 17.9. The number of aromatic nitrogens is 5. The van der Waals surface area contributed by atoms with Crippen LogP contribution in [0, 0.1) is 0 Å². The van der Waals surface area contributed by atoms with Crippen molar-refractivity contribution in [2.45, 2.75) is 26.4 Å². The molecule has 7 heteroatoms. The molecule has 0 aliphatic carbocycles. The number of para-hydroxylation sites is 1. The van der Waals surface area contributed by atoms with E-state index in [0.29, 0.717) is 25.1 Å². The number of carbonyl (C=O) groups is 1. The normalized spacial score (nSPS) is 10.8. The van der Waals surface area contributed by atoms with E-state index in [1.165, 1.54) is 6.33 Å². The van der Waals surface area contributed by atoms with Gasteiger partial charge in [0.25, 0.3) is 5.91 Å². The van der Waals surface area contributed by atoms with Crippen LogP contribution in [-0.4, -0.2) is 30.5 Å². The van der Waals surface area contributed by atoms with E-state index in [-0.39, 0.29) is 5.91 Å². The van der Waals surface area contributed by atoms with Crippen LogP contribution < -0.4 is 5.32 Å². The first-order chi connectivity index (χ1) is 14.2. The third-order valence-electron chi connectivity index (χ3n) is 4.74. The zero-order valence-corrected chi connectivity index (χ0v) is 16.2. The number of carbonyl (C=O) groups excluding carboxylic acids is 1. The minimum Gasteiger partial charge on any atom is -0.348 e. The predicted octanol–water partition coefficient (Wildman–Crippen LogP) is 3.00. The van der Waals surface area contributed by atoms with Gasteiger partial charge in [-0.1, -0.05) is 49.4 Å². The van der Waals surface area contributed by atoms with E-state index in [1.807, 2.05) is 66.2 Å². The number of benzene rings is 2. The molecule has 29 heavy (non-hydrogen) atoms. The lowest BCUT2D eigenvalue weighted by atomic mass is 10.1. The average molecular weight is 386 g/mol. The van der Waals surface area contributed by atoms with Gasteiger partial charge in [-0.15, -0.1) is 0 Å². The topological polar surface area (TPSA) is 77.6 Å². The minimum absolute atomic E-state index is 0.115. The van der Waals surface area contributed by atoms with E-state index in [0.717, 1.165) is 22.5 Å². The highest BCUT2D eigenvalue weighted by molar-refractivity contribution is 5.95. The van der Waals surface area contributed by atoms with E-state index in [4.69, 9.17) is 0 Å². The lowest BCUT2D eigenvalue weighted by Crippen LogP contribution is -2.23. The maximum absolute atomic E-state index is 12.7. The van der Waals surface area contributed by atoms with Crippen LogP contribution in [0.3, 0.4) is 0 Å². The van der Waals surface area contributed by atoms with Crippen molar-refractivity contribution in [1.82, 2.24) is 29.9 Å². The Morgan fingerprint density at radius 3 is 2.45 bits per heavy atom. The summed E-state index contributed by atoms with van der Waals surface area (Å²) < 4.78 is 3.60. The van der Waals surface area contributed by atoms with E-state index in [9.17, 15) is 4.79 Å². The molecule has 0 bridgehead atoms. The van der Waals surface area contributed by atoms with Crippen LogP contribution in [0.25, 0.3) is 5.69 Å². The average Bonchev–Trinajstić information content (AvgIpc) is 3.43. The van der Waals surface area contributed by atoms with Crippen LogP contribution in [0.15, 0.2) is 73.4 Å². The highest BCUT2D eigenvalue weighted by atomic mass is 16.1. The molecule has 146 valence electrons. The van der Waals surface area contributed by atoms with Gasteiger partial charge in [0.05, 0.1) is 29.7 Å². The highest BCUT2D eigenvalue weighted by Crippen LogP contribution is 2.16. The summed E-state index contributed by atoms with van der Waals surface area (Å²) in [7, 11) is 0. The summed E-state index contributed by atoms with van der Waals surface area (Å²) in [4.78, 5) is 16.7. The van der Waals surface area contributed by atoms with E-state index in [1.54, 1.807) is 17.2 Å². The van der Waals surface area contributed by atoms with E-state index < -0.39 is 0 Å². The Balaban J connectivity index is 1.41. The van der Waals surface area contributed by atoms with Gasteiger partial charge in [-0.3, -0.25) is 4.79 Å². The highest BCUT2D eigenvalue weighted by Gasteiger charge is 2.16. The van der Waals surface area contributed by atoms with E-state index in [2.05, 4.69) is 20.5 Å². The van der Waals surface area contributed by atoms with Gasteiger partial charge in [0, 0.05) is 6.54 Å². The minimum atomic E-state index is -0.115. The first-order valence-corrected chi connectivity index (χ1v) is 9.55. The first-order valence-electron chi connectivity index (χ1n) is 9.55. The maximum atomic E-state index is 12.7. The van der Waals surface area contributed by atoms with Crippen molar-refractivity contribution in [2.24, 2.45) is 0 Å². The van der Waals surface area contributed by atoms with Gasteiger partial charge in [-0.25, -0.2) is 14.3 Å². The number of rotatable bonds is 7. The van der Waals surface area contributed by atoms with Crippen LogP contribution in [0.4, 0.5) is 0 Å². The Labute approximate surface area is 169 Å². The monoisotopic (exact) mass is 386 g/mol. The predicted molar refractivity (Wildman–Crippen MR) is 110 cm³/mol. The molecule has 0 radical (unpaired) electrons. The molecule has 2 heterocycles. The molecule has 0 atom stereocenters. The summed E-state index contributed by atoms with van der Waals surface area (Å²) >= 11 is 0. The zero-order chi connectivity index (χ0) is 20.1. The Kier molecular flexibility index (Phi) is 5.47. The van der Waals surface area contributed by atoms with Gasteiger partial charge >= 0.3 is 0 Å². The molecule has 1 amide bonds. The molecular formula is C22H22N6O. The zero-order valence-electron chi connectivity index (χ0n) is 16.2. The van der Waals surface area contributed by atoms with Gasteiger partial charge in [0.15, 0.2) is 0 Å². The summed E-state index contributed by atoms with van der Waals surface area (Å²) in [5, 5.41) is 11.5. The quantitative estimate of drug-likeness (QED) is 0.530. The molecule has 0 aliphatic heterocycles. The molecule has 0 saturated carbocycles.